The fourth-order valence-corrected chi connectivity index (χ4v) is 7.69. The molecule has 4 aliphatic rings. The normalized spacial score (nSPS) is 27.5. The van der Waals surface area contributed by atoms with Crippen molar-refractivity contribution in [3.05, 3.63) is 53.6 Å². The molecule has 2 saturated heterocycles. The minimum atomic E-state index is -3.46. The van der Waals surface area contributed by atoms with Crippen molar-refractivity contribution in [2.45, 2.75) is 76.1 Å². The summed E-state index contributed by atoms with van der Waals surface area (Å²) >= 11 is 0. The van der Waals surface area contributed by atoms with E-state index >= 15 is 0 Å². The van der Waals surface area contributed by atoms with Crippen molar-refractivity contribution in [1.29, 1.82) is 0 Å². The minimum absolute atomic E-state index is 0.117. The number of likely N-dealkylation sites (tertiary alicyclic amines) is 1. The third kappa shape index (κ3) is 4.83. The first kappa shape index (κ1) is 25.3. The van der Waals surface area contributed by atoms with E-state index in [1.165, 1.54) is 6.66 Å². The summed E-state index contributed by atoms with van der Waals surface area (Å²) in [6.45, 7) is 5.72. The zero-order valence-corrected chi connectivity index (χ0v) is 22.8. The highest BCUT2D eigenvalue weighted by atomic mass is 31.2. The summed E-state index contributed by atoms with van der Waals surface area (Å²) in [5.41, 5.74) is 3.69. The molecule has 2 aliphatic carbocycles. The molecular formula is C30H38NO5P. The van der Waals surface area contributed by atoms with Gasteiger partial charge in [-0.25, -0.2) is 0 Å². The number of rotatable bonds is 6. The van der Waals surface area contributed by atoms with E-state index in [0.717, 1.165) is 93.3 Å². The van der Waals surface area contributed by atoms with E-state index in [0.29, 0.717) is 5.30 Å². The largest absolute Gasteiger partial charge is 0.353 e. The molecule has 2 aromatic rings. The van der Waals surface area contributed by atoms with Crippen LogP contribution in [0.4, 0.5) is 0 Å². The molecule has 7 heteroatoms. The van der Waals surface area contributed by atoms with E-state index in [-0.39, 0.29) is 23.5 Å². The Bertz CT molecular complexity index is 1220. The Kier molecular flexibility index (Phi) is 6.39. The highest BCUT2D eigenvalue weighted by Crippen LogP contribution is 2.66. The molecule has 0 radical (unpaired) electrons. The summed E-state index contributed by atoms with van der Waals surface area (Å²) in [7, 11) is -3.46. The maximum atomic E-state index is 13.4. The average molecular weight is 524 g/mol. The zero-order chi connectivity index (χ0) is 25.8. The second kappa shape index (κ2) is 9.34. The first-order chi connectivity index (χ1) is 17.7. The van der Waals surface area contributed by atoms with Gasteiger partial charge in [-0.05, 0) is 97.9 Å². The van der Waals surface area contributed by atoms with Crippen LogP contribution >= 0.6 is 7.37 Å². The summed E-state index contributed by atoms with van der Waals surface area (Å²) in [4.78, 5) is 26.1. The van der Waals surface area contributed by atoms with Crippen LogP contribution in [-0.4, -0.2) is 54.0 Å². The molecule has 0 bridgehead atoms. The Balaban J connectivity index is 1.17. The molecule has 37 heavy (non-hydrogen) atoms. The van der Waals surface area contributed by atoms with Crippen LogP contribution in [0, 0.1) is 12.3 Å². The summed E-state index contributed by atoms with van der Waals surface area (Å²) in [6, 6.07) is 14.2. The van der Waals surface area contributed by atoms with Crippen molar-refractivity contribution >= 4 is 18.6 Å². The Labute approximate surface area is 219 Å². The molecule has 1 amide bonds. The predicted molar refractivity (Wildman–Crippen MR) is 144 cm³/mol. The van der Waals surface area contributed by atoms with Crippen molar-refractivity contribution in [3.63, 3.8) is 0 Å². The molecule has 1 N–H and O–H groups in total. The Morgan fingerprint density at radius 3 is 2.46 bits per heavy atom. The van der Waals surface area contributed by atoms with Gasteiger partial charge in [-0.15, -0.1) is 0 Å². The van der Waals surface area contributed by atoms with Crippen LogP contribution in [0.2, 0.25) is 0 Å². The minimum Gasteiger partial charge on any atom is -0.353 e. The number of piperidine rings is 1. The maximum absolute atomic E-state index is 13.4. The van der Waals surface area contributed by atoms with Crippen LogP contribution in [0.5, 0.6) is 0 Å². The van der Waals surface area contributed by atoms with Gasteiger partial charge in [0.05, 0.1) is 0 Å². The fraction of sp³-hybridized carbons (Fsp3) is 0.567. The first-order valence-corrected chi connectivity index (χ1v) is 15.9. The quantitative estimate of drug-likeness (QED) is 0.516. The molecule has 198 valence electrons. The van der Waals surface area contributed by atoms with Gasteiger partial charge >= 0.3 is 0 Å². The van der Waals surface area contributed by atoms with Crippen LogP contribution in [0.15, 0.2) is 42.5 Å². The second-order valence-corrected chi connectivity index (χ2v) is 14.0. The van der Waals surface area contributed by atoms with E-state index in [9.17, 15) is 14.3 Å². The van der Waals surface area contributed by atoms with Crippen molar-refractivity contribution < 1.29 is 23.7 Å². The van der Waals surface area contributed by atoms with Crippen LogP contribution in [0.25, 0.3) is 11.1 Å². The predicted octanol–water partition coefficient (Wildman–Crippen LogP) is 5.36. The fourth-order valence-electron chi connectivity index (χ4n) is 6.62. The lowest BCUT2D eigenvalue weighted by atomic mass is 9.87. The van der Waals surface area contributed by atoms with E-state index in [2.05, 4.69) is 13.0 Å². The van der Waals surface area contributed by atoms with Crippen molar-refractivity contribution in [2.75, 3.05) is 26.4 Å². The van der Waals surface area contributed by atoms with E-state index in [1.807, 2.05) is 41.3 Å². The molecule has 1 spiro atoms. The number of amides is 1. The van der Waals surface area contributed by atoms with Gasteiger partial charge in [0.1, 0.15) is 5.60 Å². The SMILES string of the molecule is Cc1cc([C@H]2CC23CCN(C(=O)C2(OC4CCCCO4)CC2)CC3)c(P(C)(=O)O)cc1-c1ccccc1. The lowest BCUT2D eigenvalue weighted by Crippen LogP contribution is -2.48. The Morgan fingerprint density at radius 1 is 1.11 bits per heavy atom. The number of benzene rings is 2. The summed E-state index contributed by atoms with van der Waals surface area (Å²) < 4.78 is 25.0. The molecule has 2 aromatic carbocycles. The lowest BCUT2D eigenvalue weighted by molar-refractivity contribution is -0.205. The molecule has 0 aromatic heterocycles. The number of carbonyl (C=O) groups is 1. The standard InChI is InChI=1S/C30H38NO5P/c1-21-18-24(26(37(2,33)34)19-23(21)22-8-4-3-5-9-22)25-20-29(25)13-15-31(16-14-29)28(32)30(11-12-30)36-27-10-6-7-17-35-27/h3-5,8-9,18-19,25,27H,6-7,10-17,20H2,1-2H3,(H,33,34)/t25-,27?/m1/s1. The van der Waals surface area contributed by atoms with Crippen LogP contribution in [-0.2, 0) is 18.8 Å². The van der Waals surface area contributed by atoms with Crippen molar-refractivity contribution in [1.82, 2.24) is 4.90 Å². The molecule has 2 unspecified atom stereocenters. The molecule has 6 nitrogen and oxygen atoms in total. The van der Waals surface area contributed by atoms with Crippen LogP contribution in [0.1, 0.15) is 68.4 Å². The highest BCUT2D eigenvalue weighted by molar-refractivity contribution is 7.65. The number of carbonyl (C=O) groups excluding carboxylic acids is 1. The van der Waals surface area contributed by atoms with Gasteiger partial charge in [-0.1, -0.05) is 36.4 Å². The molecule has 3 atom stereocenters. The van der Waals surface area contributed by atoms with E-state index < -0.39 is 13.0 Å². The highest BCUT2D eigenvalue weighted by Gasteiger charge is 2.60. The lowest BCUT2D eigenvalue weighted by Gasteiger charge is -2.36. The third-order valence-corrected chi connectivity index (χ3v) is 10.4. The van der Waals surface area contributed by atoms with Gasteiger partial charge in [0.2, 0.25) is 7.37 Å². The third-order valence-electron chi connectivity index (χ3n) is 9.11. The number of nitrogens with zero attached hydrogens (tertiary/aromatic N) is 1. The number of aryl methyl sites for hydroxylation is 1. The van der Waals surface area contributed by atoms with Gasteiger partial charge < -0.3 is 19.3 Å². The Morgan fingerprint density at radius 2 is 1.84 bits per heavy atom. The van der Waals surface area contributed by atoms with Gasteiger partial charge in [-0.3, -0.25) is 9.36 Å². The van der Waals surface area contributed by atoms with Crippen LogP contribution in [0.3, 0.4) is 0 Å². The summed E-state index contributed by atoms with van der Waals surface area (Å²) in [5, 5.41) is 0.593. The average Bonchev–Trinajstić information content (AvgIpc) is 3.81. The molecule has 6 rings (SSSR count). The van der Waals surface area contributed by atoms with Crippen molar-refractivity contribution in [2.24, 2.45) is 5.41 Å². The van der Waals surface area contributed by atoms with E-state index in [1.54, 1.807) is 0 Å². The first-order valence-electron chi connectivity index (χ1n) is 13.8. The topological polar surface area (TPSA) is 76.1 Å². The second-order valence-electron chi connectivity index (χ2n) is 11.8. The summed E-state index contributed by atoms with van der Waals surface area (Å²) in [5.74, 6) is 0.399. The van der Waals surface area contributed by atoms with E-state index in [4.69, 9.17) is 9.47 Å². The molecule has 2 heterocycles. The van der Waals surface area contributed by atoms with Crippen molar-refractivity contribution in [3.8, 4) is 11.1 Å². The zero-order valence-electron chi connectivity index (χ0n) is 21.9. The molecule has 2 saturated carbocycles. The molecular weight excluding hydrogens is 485 g/mol. The number of hydrogen-bond donors (Lipinski definition) is 1. The molecule has 2 aliphatic heterocycles. The number of hydrogen-bond acceptors (Lipinski definition) is 4. The maximum Gasteiger partial charge on any atom is 0.254 e. The smallest absolute Gasteiger partial charge is 0.254 e. The molecule has 4 fully saturated rings. The summed E-state index contributed by atoms with van der Waals surface area (Å²) in [6.07, 6.45) is 7.23. The van der Waals surface area contributed by atoms with Gasteiger partial charge in [0, 0.05) is 31.7 Å². The monoisotopic (exact) mass is 523 g/mol. The number of ether oxygens (including phenoxy) is 2. The van der Waals surface area contributed by atoms with Gasteiger partial charge in [0.15, 0.2) is 6.29 Å². The van der Waals surface area contributed by atoms with Crippen LogP contribution < -0.4 is 5.30 Å². The van der Waals surface area contributed by atoms with Gasteiger partial charge in [-0.2, -0.15) is 0 Å². The van der Waals surface area contributed by atoms with Gasteiger partial charge in [0.25, 0.3) is 5.91 Å². The Hall–Kier alpha value is -1.98.